The zero-order valence-corrected chi connectivity index (χ0v) is 21.5. The summed E-state index contributed by atoms with van der Waals surface area (Å²) in [6, 6.07) is 6.80. The van der Waals surface area contributed by atoms with Crippen molar-refractivity contribution < 1.29 is 14.2 Å². The summed E-state index contributed by atoms with van der Waals surface area (Å²) < 4.78 is 17.4. The van der Waals surface area contributed by atoms with Crippen LogP contribution in [0.15, 0.2) is 23.2 Å². The highest BCUT2D eigenvalue weighted by molar-refractivity contribution is 14.0. The second kappa shape index (κ2) is 14.0. The third kappa shape index (κ3) is 7.98. The summed E-state index contributed by atoms with van der Waals surface area (Å²) in [6.07, 6.45) is 3.64. The van der Waals surface area contributed by atoms with Crippen molar-refractivity contribution in [1.29, 1.82) is 0 Å². The molecule has 1 aromatic carbocycles. The van der Waals surface area contributed by atoms with Crippen LogP contribution in [0.4, 0.5) is 0 Å². The number of benzene rings is 1. The summed E-state index contributed by atoms with van der Waals surface area (Å²) in [5, 5.41) is 6.78. The van der Waals surface area contributed by atoms with Crippen LogP contribution in [0.1, 0.15) is 39.2 Å². The molecule has 0 bridgehead atoms. The fourth-order valence-electron chi connectivity index (χ4n) is 4.11. The summed E-state index contributed by atoms with van der Waals surface area (Å²) in [4.78, 5) is 7.33. The molecule has 7 nitrogen and oxygen atoms in total. The zero-order chi connectivity index (χ0) is 21.2. The number of hydrogen-bond donors (Lipinski definition) is 2. The molecule has 2 aliphatic heterocycles. The molecule has 1 aromatic rings. The lowest BCUT2D eigenvalue weighted by Gasteiger charge is -2.34. The molecular formula is C23H39IN4O3. The van der Waals surface area contributed by atoms with Crippen molar-refractivity contribution >= 4 is 29.9 Å². The van der Waals surface area contributed by atoms with Crippen molar-refractivity contribution in [3.05, 3.63) is 23.8 Å². The van der Waals surface area contributed by atoms with Gasteiger partial charge in [-0.3, -0.25) is 9.89 Å². The molecule has 31 heavy (non-hydrogen) atoms. The first-order chi connectivity index (χ1) is 14.7. The van der Waals surface area contributed by atoms with Crippen LogP contribution < -0.4 is 20.1 Å². The van der Waals surface area contributed by atoms with E-state index < -0.39 is 0 Å². The second-order valence-corrected chi connectivity index (χ2v) is 7.79. The van der Waals surface area contributed by atoms with Crippen molar-refractivity contribution in [2.45, 2.75) is 52.2 Å². The summed E-state index contributed by atoms with van der Waals surface area (Å²) in [5.41, 5.74) is 1.21. The normalized spacial score (nSPS) is 21.2. The van der Waals surface area contributed by atoms with E-state index in [0.29, 0.717) is 25.8 Å². The van der Waals surface area contributed by atoms with Crippen molar-refractivity contribution in [3.63, 3.8) is 0 Å². The first-order valence-electron chi connectivity index (χ1n) is 11.5. The number of morpholine rings is 1. The molecule has 0 amide bonds. The SMILES string of the molecule is CCNC(=NCC1CN2CCCC2CO1)NCCc1ccc(OCC)c(OCC)c1.I. The van der Waals surface area contributed by atoms with E-state index in [0.717, 1.165) is 50.1 Å². The largest absolute Gasteiger partial charge is 0.490 e. The maximum absolute atomic E-state index is 6.03. The molecular weight excluding hydrogens is 507 g/mol. The molecule has 2 atom stereocenters. The van der Waals surface area contributed by atoms with Gasteiger partial charge >= 0.3 is 0 Å². The first-order valence-corrected chi connectivity index (χ1v) is 11.5. The number of aliphatic imine (C=N–C) groups is 1. The van der Waals surface area contributed by atoms with E-state index in [-0.39, 0.29) is 30.1 Å². The minimum absolute atomic E-state index is 0. The molecule has 2 fully saturated rings. The van der Waals surface area contributed by atoms with Crippen molar-refractivity contribution in [1.82, 2.24) is 15.5 Å². The third-order valence-corrected chi connectivity index (χ3v) is 5.57. The van der Waals surface area contributed by atoms with E-state index in [2.05, 4.69) is 34.6 Å². The van der Waals surface area contributed by atoms with Gasteiger partial charge < -0.3 is 24.8 Å². The van der Waals surface area contributed by atoms with Crippen LogP contribution in [0, 0.1) is 0 Å². The topological polar surface area (TPSA) is 67.4 Å². The molecule has 2 saturated heterocycles. The predicted molar refractivity (Wildman–Crippen MR) is 136 cm³/mol. The van der Waals surface area contributed by atoms with Gasteiger partial charge in [0.15, 0.2) is 17.5 Å². The van der Waals surface area contributed by atoms with Gasteiger partial charge in [-0.15, -0.1) is 24.0 Å². The third-order valence-electron chi connectivity index (χ3n) is 5.57. The van der Waals surface area contributed by atoms with Crippen LogP contribution in [-0.4, -0.2) is 75.5 Å². The maximum Gasteiger partial charge on any atom is 0.191 e. The zero-order valence-electron chi connectivity index (χ0n) is 19.2. The lowest BCUT2D eigenvalue weighted by atomic mass is 10.1. The van der Waals surface area contributed by atoms with Crippen LogP contribution in [0.2, 0.25) is 0 Å². The van der Waals surface area contributed by atoms with Crippen LogP contribution in [0.25, 0.3) is 0 Å². The summed E-state index contributed by atoms with van der Waals surface area (Å²) in [5.74, 6) is 2.46. The standard InChI is InChI=1S/C23H38N4O3.HI/c1-4-24-23(26-15-20-16-27-13-7-8-19(27)17-30-20)25-12-11-18-9-10-21(28-5-2)22(14-18)29-6-3;/h9-10,14,19-20H,4-8,11-13,15-17H2,1-3H3,(H2,24,25,26);1H. The van der Waals surface area contributed by atoms with E-state index in [1.165, 1.54) is 24.9 Å². The Labute approximate surface area is 204 Å². The highest BCUT2D eigenvalue weighted by atomic mass is 127. The highest BCUT2D eigenvalue weighted by Crippen LogP contribution is 2.28. The van der Waals surface area contributed by atoms with Crippen LogP contribution in [0.3, 0.4) is 0 Å². The van der Waals surface area contributed by atoms with E-state index in [1.807, 2.05) is 19.9 Å². The number of nitrogens with zero attached hydrogens (tertiary/aromatic N) is 2. The molecule has 2 heterocycles. The lowest BCUT2D eigenvalue weighted by molar-refractivity contribution is -0.0432. The van der Waals surface area contributed by atoms with Crippen LogP contribution in [0.5, 0.6) is 11.5 Å². The summed E-state index contributed by atoms with van der Waals surface area (Å²) in [6.45, 7) is 12.7. The smallest absolute Gasteiger partial charge is 0.191 e. The Bertz CT molecular complexity index is 689. The van der Waals surface area contributed by atoms with Crippen LogP contribution in [-0.2, 0) is 11.2 Å². The number of rotatable bonds is 10. The Kier molecular flexibility index (Phi) is 11.7. The van der Waals surface area contributed by atoms with Gasteiger partial charge in [0.2, 0.25) is 0 Å². The second-order valence-electron chi connectivity index (χ2n) is 7.79. The minimum Gasteiger partial charge on any atom is -0.490 e. The van der Waals surface area contributed by atoms with Gasteiger partial charge in [0.1, 0.15) is 0 Å². The van der Waals surface area contributed by atoms with Gasteiger partial charge in [-0.25, -0.2) is 0 Å². The molecule has 0 aliphatic carbocycles. The molecule has 2 N–H and O–H groups in total. The Morgan fingerprint density at radius 3 is 2.74 bits per heavy atom. The number of hydrogen-bond acceptors (Lipinski definition) is 5. The van der Waals surface area contributed by atoms with Crippen molar-refractivity contribution in [2.24, 2.45) is 4.99 Å². The Balaban J connectivity index is 0.00000341. The Morgan fingerprint density at radius 2 is 1.97 bits per heavy atom. The fourth-order valence-corrected chi connectivity index (χ4v) is 4.11. The lowest BCUT2D eigenvalue weighted by Crippen LogP contribution is -2.47. The first kappa shape index (κ1) is 26.0. The van der Waals surface area contributed by atoms with Gasteiger partial charge in [0.25, 0.3) is 0 Å². The minimum atomic E-state index is 0. The summed E-state index contributed by atoms with van der Waals surface area (Å²) >= 11 is 0. The van der Waals surface area contributed by atoms with Crippen LogP contribution >= 0.6 is 24.0 Å². The van der Waals surface area contributed by atoms with E-state index in [4.69, 9.17) is 19.2 Å². The van der Waals surface area contributed by atoms with Gasteiger partial charge in [0, 0.05) is 25.7 Å². The molecule has 0 spiro atoms. The molecule has 0 saturated carbocycles. The molecule has 3 rings (SSSR count). The highest BCUT2D eigenvalue weighted by Gasteiger charge is 2.31. The van der Waals surface area contributed by atoms with E-state index in [1.54, 1.807) is 0 Å². The molecule has 8 heteroatoms. The monoisotopic (exact) mass is 546 g/mol. The number of ether oxygens (including phenoxy) is 3. The molecule has 2 aliphatic rings. The number of fused-ring (bicyclic) bond motifs is 1. The molecule has 2 unspecified atom stereocenters. The molecule has 0 radical (unpaired) electrons. The molecule has 0 aromatic heterocycles. The Hall–Kier alpha value is -1.26. The summed E-state index contributed by atoms with van der Waals surface area (Å²) in [7, 11) is 0. The Morgan fingerprint density at radius 1 is 1.16 bits per heavy atom. The average Bonchev–Trinajstić information content (AvgIpc) is 3.22. The molecule has 176 valence electrons. The average molecular weight is 546 g/mol. The van der Waals surface area contributed by atoms with Crippen molar-refractivity contribution in [2.75, 3.05) is 52.5 Å². The van der Waals surface area contributed by atoms with Crippen molar-refractivity contribution in [3.8, 4) is 11.5 Å². The number of halogens is 1. The van der Waals surface area contributed by atoms with E-state index >= 15 is 0 Å². The van der Waals surface area contributed by atoms with E-state index in [9.17, 15) is 0 Å². The van der Waals surface area contributed by atoms with Gasteiger partial charge in [-0.1, -0.05) is 6.07 Å². The number of guanidine groups is 1. The van der Waals surface area contributed by atoms with Gasteiger partial charge in [0.05, 0.1) is 32.5 Å². The quantitative estimate of drug-likeness (QED) is 0.267. The maximum atomic E-state index is 6.03. The van der Waals surface area contributed by atoms with Gasteiger partial charge in [-0.2, -0.15) is 0 Å². The predicted octanol–water partition coefficient (Wildman–Crippen LogP) is 3.06. The number of nitrogens with one attached hydrogen (secondary N) is 2. The fraction of sp³-hybridized carbons (Fsp3) is 0.696. The van der Waals surface area contributed by atoms with Gasteiger partial charge in [-0.05, 0) is 64.3 Å².